The summed E-state index contributed by atoms with van der Waals surface area (Å²) in [4.78, 5) is 9.07. The minimum absolute atomic E-state index is 0.107. The van der Waals surface area contributed by atoms with Crippen molar-refractivity contribution in [3.8, 4) is 0 Å². The van der Waals surface area contributed by atoms with E-state index in [9.17, 15) is 0 Å². The highest BCUT2D eigenvalue weighted by Crippen LogP contribution is 2.18. The van der Waals surface area contributed by atoms with Gasteiger partial charge in [-0.3, -0.25) is 4.99 Å². The minimum Gasteiger partial charge on any atom is -0.383 e. The highest BCUT2D eigenvalue weighted by atomic mass is 15.0. The van der Waals surface area contributed by atoms with E-state index < -0.39 is 0 Å². The molecule has 0 aromatic heterocycles. The van der Waals surface area contributed by atoms with Gasteiger partial charge in [-0.15, -0.1) is 0 Å². The first-order valence-corrected chi connectivity index (χ1v) is 6.28. The van der Waals surface area contributed by atoms with E-state index in [0.29, 0.717) is 5.84 Å². The van der Waals surface area contributed by atoms with E-state index in [1.165, 1.54) is 0 Å². The topological polar surface area (TPSA) is 50.7 Å². The van der Waals surface area contributed by atoms with E-state index >= 15 is 0 Å². The van der Waals surface area contributed by atoms with E-state index in [0.717, 1.165) is 11.4 Å². The van der Waals surface area contributed by atoms with Gasteiger partial charge < -0.3 is 5.73 Å². The molecule has 0 saturated carbocycles. The summed E-state index contributed by atoms with van der Waals surface area (Å²) in [7, 11) is 0. The summed E-state index contributed by atoms with van der Waals surface area (Å²) >= 11 is 0. The van der Waals surface area contributed by atoms with Crippen LogP contribution in [-0.4, -0.2) is 17.7 Å². The van der Waals surface area contributed by atoms with Crippen molar-refractivity contribution in [2.45, 2.75) is 40.7 Å². The lowest BCUT2D eigenvalue weighted by Gasteiger charge is -2.19. The number of rotatable bonds is 2. The van der Waals surface area contributed by atoms with Gasteiger partial charge in [0.1, 0.15) is 11.7 Å². The van der Waals surface area contributed by atoms with Gasteiger partial charge in [-0.05, 0) is 13.8 Å². The normalized spacial score (nSPS) is 14.1. The Morgan fingerprint density at radius 1 is 1.11 bits per heavy atom. The lowest BCUT2D eigenvalue weighted by molar-refractivity contribution is 0.577. The summed E-state index contributed by atoms with van der Waals surface area (Å²) in [5, 5.41) is 0. The first-order valence-electron chi connectivity index (χ1n) is 6.28. The van der Waals surface area contributed by atoms with Crippen LogP contribution in [0.2, 0.25) is 0 Å². The van der Waals surface area contributed by atoms with Gasteiger partial charge in [0.25, 0.3) is 0 Å². The first kappa shape index (κ1) is 14.4. The zero-order valence-electron chi connectivity index (χ0n) is 11.9. The average molecular weight is 245 g/mol. The highest BCUT2D eigenvalue weighted by Gasteiger charge is 2.19. The average Bonchev–Trinajstić information content (AvgIpc) is 2.27. The molecule has 0 atom stereocenters. The van der Waals surface area contributed by atoms with Crippen LogP contribution in [0.1, 0.15) is 40.2 Å². The van der Waals surface area contributed by atoms with Gasteiger partial charge in [-0.1, -0.05) is 51.1 Å². The Labute approximate surface area is 110 Å². The summed E-state index contributed by atoms with van der Waals surface area (Å²) in [5.41, 5.74) is 6.86. The van der Waals surface area contributed by atoms with E-state index in [1.54, 1.807) is 0 Å². The van der Waals surface area contributed by atoms with Crippen LogP contribution in [0, 0.1) is 5.41 Å². The number of nitrogens with two attached hydrogens (primary N) is 1. The second-order valence-electron chi connectivity index (χ2n) is 5.66. The zero-order valence-corrected chi connectivity index (χ0v) is 11.9. The number of nitrogens with zero attached hydrogens (tertiary/aromatic N) is 2. The van der Waals surface area contributed by atoms with Crippen molar-refractivity contribution in [3.63, 3.8) is 0 Å². The molecule has 0 radical (unpaired) electrons. The SMILES string of the molecule is CC(C)N=C(N=C(N)c1ccccc1)C(C)(C)C. The summed E-state index contributed by atoms with van der Waals surface area (Å²) in [6.07, 6.45) is 0. The Hall–Kier alpha value is -1.64. The monoisotopic (exact) mass is 245 g/mol. The van der Waals surface area contributed by atoms with Crippen molar-refractivity contribution in [2.75, 3.05) is 0 Å². The Kier molecular flexibility index (Phi) is 4.65. The molecule has 98 valence electrons. The standard InChI is InChI=1S/C15H23N3/c1-11(2)17-14(15(3,4)5)18-13(16)12-9-7-6-8-10-12/h6-11H,1-5H3,(H2,16,17,18). The summed E-state index contributed by atoms with van der Waals surface area (Å²) in [6, 6.07) is 9.99. The van der Waals surface area contributed by atoms with Crippen LogP contribution in [0.3, 0.4) is 0 Å². The molecule has 0 fully saturated rings. The molecule has 1 aromatic rings. The number of benzene rings is 1. The maximum absolute atomic E-state index is 6.04. The quantitative estimate of drug-likeness (QED) is 0.631. The van der Waals surface area contributed by atoms with Crippen molar-refractivity contribution in [1.82, 2.24) is 0 Å². The van der Waals surface area contributed by atoms with Crippen molar-refractivity contribution in [1.29, 1.82) is 0 Å². The third-order valence-electron chi connectivity index (χ3n) is 2.35. The lowest BCUT2D eigenvalue weighted by Crippen LogP contribution is -2.24. The maximum Gasteiger partial charge on any atom is 0.132 e. The number of hydrogen-bond donors (Lipinski definition) is 1. The van der Waals surface area contributed by atoms with Gasteiger partial charge in [0, 0.05) is 17.0 Å². The van der Waals surface area contributed by atoms with Crippen LogP contribution in [-0.2, 0) is 0 Å². The molecule has 0 aliphatic carbocycles. The van der Waals surface area contributed by atoms with Gasteiger partial charge in [-0.2, -0.15) is 0 Å². The Morgan fingerprint density at radius 3 is 2.11 bits per heavy atom. The second kappa shape index (κ2) is 5.80. The van der Waals surface area contributed by atoms with E-state index in [2.05, 4.69) is 30.8 Å². The Bertz CT molecular complexity index is 437. The fraction of sp³-hybridized carbons (Fsp3) is 0.467. The Balaban J connectivity index is 3.11. The van der Waals surface area contributed by atoms with Crippen molar-refractivity contribution < 1.29 is 0 Å². The number of hydrogen-bond acceptors (Lipinski definition) is 1. The largest absolute Gasteiger partial charge is 0.383 e. The molecule has 1 rings (SSSR count). The number of aliphatic imine (C=N–C) groups is 2. The minimum atomic E-state index is -0.107. The molecule has 0 unspecified atom stereocenters. The van der Waals surface area contributed by atoms with Crippen LogP contribution >= 0.6 is 0 Å². The van der Waals surface area contributed by atoms with Crippen molar-refractivity contribution in [2.24, 2.45) is 21.1 Å². The van der Waals surface area contributed by atoms with Crippen molar-refractivity contribution in [3.05, 3.63) is 35.9 Å². The molecule has 0 aliphatic rings. The molecule has 0 bridgehead atoms. The third-order valence-corrected chi connectivity index (χ3v) is 2.35. The molecule has 3 nitrogen and oxygen atoms in total. The molecular weight excluding hydrogens is 222 g/mol. The van der Waals surface area contributed by atoms with Crippen LogP contribution in [0.5, 0.6) is 0 Å². The van der Waals surface area contributed by atoms with E-state index in [4.69, 9.17) is 5.73 Å². The molecule has 1 aromatic carbocycles. The molecule has 0 aliphatic heterocycles. The van der Waals surface area contributed by atoms with Crippen LogP contribution in [0.4, 0.5) is 0 Å². The molecule has 0 amide bonds. The van der Waals surface area contributed by atoms with Crippen LogP contribution < -0.4 is 5.73 Å². The summed E-state index contributed by atoms with van der Waals surface area (Å²) in [6.45, 7) is 10.4. The third kappa shape index (κ3) is 4.32. The van der Waals surface area contributed by atoms with Gasteiger partial charge in [0.05, 0.1) is 0 Å². The summed E-state index contributed by atoms with van der Waals surface area (Å²) < 4.78 is 0. The molecule has 0 spiro atoms. The summed E-state index contributed by atoms with van der Waals surface area (Å²) in [5.74, 6) is 1.31. The number of amidine groups is 2. The molecule has 2 N–H and O–H groups in total. The van der Waals surface area contributed by atoms with E-state index in [-0.39, 0.29) is 11.5 Å². The second-order valence-corrected chi connectivity index (χ2v) is 5.66. The highest BCUT2D eigenvalue weighted by molar-refractivity contribution is 6.06. The first-order chi connectivity index (χ1) is 8.30. The van der Waals surface area contributed by atoms with Crippen LogP contribution in [0.25, 0.3) is 0 Å². The molecule has 18 heavy (non-hydrogen) atoms. The maximum atomic E-state index is 6.04. The predicted molar refractivity (Wildman–Crippen MR) is 79.2 cm³/mol. The fourth-order valence-corrected chi connectivity index (χ4v) is 1.42. The molecule has 0 saturated heterocycles. The lowest BCUT2D eigenvalue weighted by atomic mass is 9.95. The van der Waals surface area contributed by atoms with E-state index in [1.807, 2.05) is 44.2 Å². The zero-order chi connectivity index (χ0) is 13.8. The van der Waals surface area contributed by atoms with Gasteiger partial charge >= 0.3 is 0 Å². The molecular formula is C15H23N3. The van der Waals surface area contributed by atoms with Gasteiger partial charge in [0.2, 0.25) is 0 Å². The van der Waals surface area contributed by atoms with Crippen molar-refractivity contribution >= 4 is 11.7 Å². The van der Waals surface area contributed by atoms with Gasteiger partial charge in [0.15, 0.2) is 0 Å². The Morgan fingerprint density at radius 2 is 1.67 bits per heavy atom. The molecule has 3 heteroatoms. The fourth-order valence-electron chi connectivity index (χ4n) is 1.42. The molecule has 0 heterocycles. The van der Waals surface area contributed by atoms with Gasteiger partial charge in [-0.25, -0.2) is 4.99 Å². The van der Waals surface area contributed by atoms with Crippen LogP contribution in [0.15, 0.2) is 40.3 Å². The smallest absolute Gasteiger partial charge is 0.132 e. The predicted octanol–water partition coefficient (Wildman–Crippen LogP) is 3.24.